The Kier molecular flexibility index (Phi) is 2.95. The van der Waals surface area contributed by atoms with Crippen LogP contribution in [0.2, 0.25) is 0 Å². The molecule has 0 unspecified atom stereocenters. The minimum atomic E-state index is -0.108. The molecule has 0 bridgehead atoms. The highest BCUT2D eigenvalue weighted by Crippen LogP contribution is 2.21. The number of aromatic nitrogens is 4. The molecule has 0 radical (unpaired) electrons. The maximum absolute atomic E-state index is 11.4. The average Bonchev–Trinajstić information content (AvgIpc) is 2.69. The van der Waals surface area contributed by atoms with Crippen LogP contribution in [0.15, 0.2) is 16.9 Å². The molecule has 6 nitrogen and oxygen atoms in total. The second-order valence-electron chi connectivity index (χ2n) is 3.23. The Morgan fingerprint density at radius 3 is 2.88 bits per heavy atom. The van der Waals surface area contributed by atoms with E-state index >= 15 is 0 Å². The van der Waals surface area contributed by atoms with Gasteiger partial charge in [0.1, 0.15) is 5.69 Å². The van der Waals surface area contributed by atoms with Crippen LogP contribution in [0.3, 0.4) is 0 Å². The number of nitrogens with zero attached hydrogens (tertiary/aromatic N) is 4. The lowest BCUT2D eigenvalue weighted by atomic mass is 10.4. The van der Waals surface area contributed by atoms with Gasteiger partial charge in [0.25, 0.3) is 5.56 Å². The zero-order valence-electron chi connectivity index (χ0n) is 8.75. The highest BCUT2D eigenvalue weighted by molar-refractivity contribution is 7.18. The van der Waals surface area contributed by atoms with Crippen LogP contribution in [-0.2, 0) is 6.54 Å². The maximum Gasteiger partial charge on any atom is 0.266 e. The van der Waals surface area contributed by atoms with E-state index in [1.165, 1.54) is 22.1 Å². The molecule has 2 heterocycles. The molecule has 0 saturated heterocycles. The van der Waals surface area contributed by atoms with Crippen LogP contribution in [-0.4, -0.2) is 20.0 Å². The van der Waals surface area contributed by atoms with Crippen LogP contribution in [0, 0.1) is 0 Å². The first-order valence-electron chi connectivity index (χ1n) is 4.88. The fourth-order valence-corrected chi connectivity index (χ4v) is 1.85. The predicted octanol–water partition coefficient (Wildman–Crippen LogP) is 0.754. The third-order valence-electron chi connectivity index (χ3n) is 1.96. The first kappa shape index (κ1) is 10.7. The molecule has 16 heavy (non-hydrogen) atoms. The Morgan fingerprint density at radius 1 is 1.44 bits per heavy atom. The first-order chi connectivity index (χ1) is 7.70. The van der Waals surface area contributed by atoms with Crippen molar-refractivity contribution in [3.05, 3.63) is 22.5 Å². The number of hydrogen-bond donors (Lipinski definition) is 1. The molecule has 0 fully saturated rings. The van der Waals surface area contributed by atoms with Gasteiger partial charge in [0.05, 0.1) is 0 Å². The number of nitrogen functional groups attached to an aromatic ring is 1. The molecule has 2 aromatic rings. The van der Waals surface area contributed by atoms with E-state index in [0.29, 0.717) is 22.4 Å². The van der Waals surface area contributed by atoms with Crippen LogP contribution in [0.4, 0.5) is 5.13 Å². The lowest BCUT2D eigenvalue weighted by molar-refractivity contribution is 0.570. The van der Waals surface area contributed by atoms with Gasteiger partial charge in [-0.2, -0.15) is 5.10 Å². The summed E-state index contributed by atoms with van der Waals surface area (Å²) in [5.74, 6) is 0. The molecule has 0 aliphatic heterocycles. The molecular weight excluding hydrogens is 226 g/mol. The zero-order chi connectivity index (χ0) is 11.5. The van der Waals surface area contributed by atoms with Crippen molar-refractivity contribution in [1.82, 2.24) is 20.0 Å². The molecule has 2 rings (SSSR count). The van der Waals surface area contributed by atoms with Crippen LogP contribution in [0.1, 0.15) is 13.3 Å². The predicted molar refractivity (Wildman–Crippen MR) is 62.1 cm³/mol. The molecular formula is C9H11N5OS. The van der Waals surface area contributed by atoms with Crippen LogP contribution >= 0.6 is 11.3 Å². The standard InChI is InChI=1S/C9H11N5OS/c1-2-5-14-7(15)4-3-6(13-14)8-11-12-9(10)16-8/h3-4H,2,5H2,1H3,(H2,10,12). The van der Waals surface area contributed by atoms with E-state index in [4.69, 9.17) is 5.73 Å². The second-order valence-corrected chi connectivity index (χ2v) is 4.23. The van der Waals surface area contributed by atoms with Crippen molar-refractivity contribution in [3.63, 3.8) is 0 Å². The topological polar surface area (TPSA) is 86.7 Å². The summed E-state index contributed by atoms with van der Waals surface area (Å²) in [5.41, 5.74) is 6.01. The van der Waals surface area contributed by atoms with Gasteiger partial charge < -0.3 is 5.73 Å². The van der Waals surface area contributed by atoms with E-state index in [9.17, 15) is 4.79 Å². The van der Waals surface area contributed by atoms with E-state index in [2.05, 4.69) is 15.3 Å². The van der Waals surface area contributed by atoms with E-state index < -0.39 is 0 Å². The zero-order valence-corrected chi connectivity index (χ0v) is 9.57. The number of hydrogen-bond acceptors (Lipinski definition) is 6. The number of aryl methyl sites for hydroxylation is 1. The van der Waals surface area contributed by atoms with Crippen LogP contribution in [0.25, 0.3) is 10.7 Å². The number of rotatable bonds is 3. The van der Waals surface area contributed by atoms with Gasteiger partial charge in [0, 0.05) is 12.6 Å². The van der Waals surface area contributed by atoms with E-state index in [-0.39, 0.29) is 5.56 Å². The number of nitrogens with two attached hydrogens (primary N) is 1. The van der Waals surface area contributed by atoms with Crippen molar-refractivity contribution in [1.29, 1.82) is 0 Å². The smallest absolute Gasteiger partial charge is 0.266 e. The summed E-state index contributed by atoms with van der Waals surface area (Å²) in [6.07, 6.45) is 0.856. The monoisotopic (exact) mass is 237 g/mol. The summed E-state index contributed by atoms with van der Waals surface area (Å²) in [7, 11) is 0. The third-order valence-corrected chi connectivity index (χ3v) is 2.74. The molecule has 0 aromatic carbocycles. The van der Waals surface area contributed by atoms with E-state index in [1.54, 1.807) is 6.07 Å². The Morgan fingerprint density at radius 2 is 2.25 bits per heavy atom. The summed E-state index contributed by atoms with van der Waals surface area (Å²) in [6, 6.07) is 3.12. The van der Waals surface area contributed by atoms with Crippen LogP contribution < -0.4 is 11.3 Å². The molecule has 0 atom stereocenters. The third kappa shape index (κ3) is 2.08. The van der Waals surface area contributed by atoms with E-state index in [1.807, 2.05) is 6.92 Å². The highest BCUT2D eigenvalue weighted by Gasteiger charge is 2.07. The quantitative estimate of drug-likeness (QED) is 0.851. The molecule has 2 aromatic heterocycles. The van der Waals surface area contributed by atoms with Crippen molar-refractivity contribution in [2.24, 2.45) is 0 Å². The SMILES string of the molecule is CCCn1nc(-c2nnc(N)s2)ccc1=O. The summed E-state index contributed by atoms with van der Waals surface area (Å²) in [4.78, 5) is 11.4. The Balaban J connectivity index is 2.43. The molecule has 0 aliphatic carbocycles. The highest BCUT2D eigenvalue weighted by atomic mass is 32.1. The Labute approximate surface area is 95.8 Å². The Hall–Kier alpha value is -1.76. The molecule has 84 valence electrons. The fourth-order valence-electron chi connectivity index (χ4n) is 1.27. The van der Waals surface area contributed by atoms with E-state index in [0.717, 1.165) is 6.42 Å². The summed E-state index contributed by atoms with van der Waals surface area (Å²) < 4.78 is 1.42. The summed E-state index contributed by atoms with van der Waals surface area (Å²) >= 11 is 1.25. The normalized spacial score (nSPS) is 10.6. The fraction of sp³-hybridized carbons (Fsp3) is 0.333. The van der Waals surface area contributed by atoms with Gasteiger partial charge in [-0.25, -0.2) is 4.68 Å². The van der Waals surface area contributed by atoms with Gasteiger partial charge in [-0.1, -0.05) is 18.3 Å². The lowest BCUT2D eigenvalue weighted by Crippen LogP contribution is -2.21. The van der Waals surface area contributed by atoms with Gasteiger partial charge >= 0.3 is 0 Å². The van der Waals surface area contributed by atoms with Crippen molar-refractivity contribution in [3.8, 4) is 10.7 Å². The van der Waals surface area contributed by atoms with Gasteiger partial charge in [-0.3, -0.25) is 4.79 Å². The summed E-state index contributed by atoms with van der Waals surface area (Å²) in [5, 5.41) is 12.8. The largest absolute Gasteiger partial charge is 0.374 e. The maximum atomic E-state index is 11.4. The minimum absolute atomic E-state index is 0.108. The van der Waals surface area contributed by atoms with Gasteiger partial charge in [-0.05, 0) is 12.5 Å². The summed E-state index contributed by atoms with van der Waals surface area (Å²) in [6.45, 7) is 2.59. The van der Waals surface area contributed by atoms with Crippen molar-refractivity contribution >= 4 is 16.5 Å². The molecule has 7 heteroatoms. The van der Waals surface area contributed by atoms with Crippen LogP contribution in [0.5, 0.6) is 0 Å². The number of anilines is 1. The van der Waals surface area contributed by atoms with Crippen molar-refractivity contribution in [2.45, 2.75) is 19.9 Å². The minimum Gasteiger partial charge on any atom is -0.374 e. The van der Waals surface area contributed by atoms with Gasteiger partial charge in [0.2, 0.25) is 5.13 Å². The molecule has 0 saturated carbocycles. The Bertz CT molecular complexity index is 547. The van der Waals surface area contributed by atoms with Gasteiger partial charge in [0.15, 0.2) is 5.01 Å². The average molecular weight is 237 g/mol. The molecule has 0 spiro atoms. The second kappa shape index (κ2) is 4.40. The molecule has 0 aliphatic rings. The van der Waals surface area contributed by atoms with Gasteiger partial charge in [-0.15, -0.1) is 10.2 Å². The van der Waals surface area contributed by atoms with Crippen molar-refractivity contribution < 1.29 is 0 Å². The molecule has 0 amide bonds. The van der Waals surface area contributed by atoms with Crippen molar-refractivity contribution in [2.75, 3.05) is 5.73 Å². The lowest BCUT2D eigenvalue weighted by Gasteiger charge is -2.02. The first-order valence-corrected chi connectivity index (χ1v) is 5.70. The molecule has 2 N–H and O–H groups in total.